The molecular weight excluding hydrogens is 481 g/mol. The number of hydrazone groups is 1. The molecule has 0 fully saturated rings. The number of nitro benzene ring substituents is 1. The number of carbonyl (C=O) groups is 2. The number of nitro groups is 1. The third-order valence-corrected chi connectivity index (χ3v) is 5.97. The van der Waals surface area contributed by atoms with Gasteiger partial charge in [0.15, 0.2) is 0 Å². The third-order valence-electron chi connectivity index (χ3n) is 4.30. The minimum absolute atomic E-state index is 0.140. The topological polar surface area (TPSA) is 142 Å². The highest BCUT2D eigenvalue weighted by Gasteiger charge is 2.23. The van der Waals surface area contributed by atoms with Gasteiger partial charge in [-0.3, -0.25) is 14.9 Å². The highest BCUT2D eigenvalue weighted by Crippen LogP contribution is 2.45. The van der Waals surface area contributed by atoms with Crippen LogP contribution in [0.25, 0.3) is 10.4 Å². The molecule has 32 heavy (non-hydrogen) atoms. The van der Waals surface area contributed by atoms with Gasteiger partial charge in [0.1, 0.15) is 15.6 Å². The Kier molecular flexibility index (Phi) is 6.78. The minimum Gasteiger partial charge on any atom is -0.506 e. The van der Waals surface area contributed by atoms with E-state index in [2.05, 4.69) is 10.5 Å². The number of aromatic carboxylic acids is 1. The second-order valence-electron chi connectivity index (χ2n) is 6.37. The highest BCUT2D eigenvalue weighted by molar-refractivity contribution is 7.20. The van der Waals surface area contributed by atoms with Gasteiger partial charge in [0.2, 0.25) is 0 Å². The first kappa shape index (κ1) is 23.2. The Hall–Kier alpha value is -3.47. The van der Waals surface area contributed by atoms with E-state index in [0.29, 0.717) is 15.5 Å². The summed E-state index contributed by atoms with van der Waals surface area (Å²) in [5.41, 5.74) is 1.82. The Balaban J connectivity index is 1.88. The fraction of sp³-hybridized carbons (Fsp3) is 0.0500. The number of hydrogen-bond acceptors (Lipinski definition) is 7. The molecule has 12 heteroatoms. The van der Waals surface area contributed by atoms with Crippen LogP contribution in [-0.4, -0.2) is 32.7 Å². The van der Waals surface area contributed by atoms with Gasteiger partial charge in [0.05, 0.1) is 21.1 Å². The SMILES string of the molecule is C/C(=N\NC(=O)c1ccc(C(=O)O)c([N+](=O)[O-])c1)c1c(Cl)sc(-c2cccc(Cl)c2)c1O. The van der Waals surface area contributed by atoms with Crippen LogP contribution >= 0.6 is 34.5 Å². The van der Waals surface area contributed by atoms with Crippen LogP contribution in [0.3, 0.4) is 0 Å². The van der Waals surface area contributed by atoms with Gasteiger partial charge >= 0.3 is 5.97 Å². The van der Waals surface area contributed by atoms with E-state index in [1.165, 1.54) is 6.92 Å². The molecule has 0 aliphatic heterocycles. The molecule has 3 N–H and O–H groups in total. The summed E-state index contributed by atoms with van der Waals surface area (Å²) >= 11 is 13.4. The monoisotopic (exact) mass is 493 g/mol. The molecule has 3 rings (SSSR count). The number of nitrogens with zero attached hydrogens (tertiary/aromatic N) is 2. The van der Waals surface area contributed by atoms with E-state index in [4.69, 9.17) is 28.3 Å². The van der Waals surface area contributed by atoms with Crippen molar-refractivity contribution < 1.29 is 24.7 Å². The van der Waals surface area contributed by atoms with Gasteiger partial charge < -0.3 is 10.2 Å². The average Bonchev–Trinajstić information content (AvgIpc) is 3.05. The van der Waals surface area contributed by atoms with Gasteiger partial charge in [-0.15, -0.1) is 11.3 Å². The van der Waals surface area contributed by atoms with Gasteiger partial charge in [-0.2, -0.15) is 5.10 Å². The molecule has 164 valence electrons. The molecule has 0 aliphatic rings. The largest absolute Gasteiger partial charge is 0.506 e. The lowest BCUT2D eigenvalue weighted by Gasteiger charge is -2.05. The van der Waals surface area contributed by atoms with Crippen LogP contribution < -0.4 is 5.43 Å². The van der Waals surface area contributed by atoms with Gasteiger partial charge in [0.25, 0.3) is 11.6 Å². The van der Waals surface area contributed by atoms with Crippen LogP contribution in [0.4, 0.5) is 5.69 Å². The molecule has 0 unspecified atom stereocenters. The molecule has 1 heterocycles. The molecule has 0 saturated heterocycles. The van der Waals surface area contributed by atoms with Gasteiger partial charge in [-0.1, -0.05) is 35.3 Å². The van der Waals surface area contributed by atoms with Crippen LogP contribution in [0.15, 0.2) is 47.6 Å². The molecular formula is C20H13Cl2N3O6S. The maximum atomic E-state index is 12.4. The van der Waals surface area contributed by atoms with Crippen molar-refractivity contribution >= 4 is 57.8 Å². The van der Waals surface area contributed by atoms with E-state index < -0.39 is 28.1 Å². The normalized spacial score (nSPS) is 11.3. The molecule has 2 aromatic carbocycles. The molecule has 0 aliphatic carbocycles. The second kappa shape index (κ2) is 9.35. The predicted molar refractivity (Wildman–Crippen MR) is 121 cm³/mol. The van der Waals surface area contributed by atoms with Crippen molar-refractivity contribution in [2.45, 2.75) is 6.92 Å². The first-order valence-corrected chi connectivity index (χ1v) is 10.3. The lowest BCUT2D eigenvalue weighted by molar-refractivity contribution is -0.385. The quantitative estimate of drug-likeness (QED) is 0.245. The van der Waals surface area contributed by atoms with Gasteiger partial charge in [-0.05, 0) is 36.8 Å². The van der Waals surface area contributed by atoms with Crippen LogP contribution in [0, 0.1) is 10.1 Å². The zero-order valence-electron chi connectivity index (χ0n) is 16.1. The van der Waals surface area contributed by atoms with Crippen molar-refractivity contribution in [1.82, 2.24) is 5.43 Å². The molecule has 1 aromatic heterocycles. The number of carbonyl (C=O) groups excluding carboxylic acids is 1. The number of carboxylic acids is 1. The van der Waals surface area contributed by atoms with Crippen molar-refractivity contribution in [1.29, 1.82) is 0 Å². The van der Waals surface area contributed by atoms with E-state index >= 15 is 0 Å². The number of thiophene rings is 1. The number of halogens is 2. The van der Waals surface area contributed by atoms with Crippen LogP contribution in [-0.2, 0) is 0 Å². The number of benzene rings is 2. The first-order chi connectivity index (χ1) is 15.1. The van der Waals surface area contributed by atoms with E-state index in [1.54, 1.807) is 24.3 Å². The standard InChI is InChI=1S/C20H13Cl2N3O6S/c1-9(15-16(26)17(32-18(15)22)10-3-2-4-12(21)7-10)23-24-19(27)11-5-6-13(20(28)29)14(8-11)25(30)31/h2-8,26H,1H3,(H,24,27)(H,28,29)/b23-9+. The number of aromatic hydroxyl groups is 1. The number of nitrogens with one attached hydrogen (secondary N) is 1. The Labute approximate surface area is 194 Å². The van der Waals surface area contributed by atoms with E-state index in [1.807, 2.05) is 0 Å². The molecule has 0 atom stereocenters. The Morgan fingerprint density at radius 1 is 1.19 bits per heavy atom. The third kappa shape index (κ3) is 4.72. The van der Waals surface area contributed by atoms with Crippen molar-refractivity contribution in [3.8, 4) is 16.2 Å². The summed E-state index contributed by atoms with van der Waals surface area (Å²) in [6.07, 6.45) is 0. The first-order valence-electron chi connectivity index (χ1n) is 8.74. The number of carboxylic acid groups (broad SMARTS) is 1. The van der Waals surface area contributed by atoms with E-state index in [0.717, 1.165) is 29.5 Å². The predicted octanol–water partition coefficient (Wildman–Crippen LogP) is 5.19. The molecule has 0 saturated carbocycles. The van der Waals surface area contributed by atoms with Gasteiger partial charge in [0, 0.05) is 16.7 Å². The lowest BCUT2D eigenvalue weighted by atomic mass is 10.1. The fourth-order valence-electron chi connectivity index (χ4n) is 2.79. The smallest absolute Gasteiger partial charge is 0.342 e. The Morgan fingerprint density at radius 3 is 2.53 bits per heavy atom. The number of amides is 1. The summed E-state index contributed by atoms with van der Waals surface area (Å²) in [7, 11) is 0. The lowest BCUT2D eigenvalue weighted by Crippen LogP contribution is -2.20. The van der Waals surface area contributed by atoms with E-state index in [9.17, 15) is 24.8 Å². The van der Waals surface area contributed by atoms with E-state index in [-0.39, 0.29) is 26.9 Å². The number of rotatable bonds is 6. The van der Waals surface area contributed by atoms with Crippen molar-refractivity contribution in [2.75, 3.05) is 0 Å². The zero-order valence-corrected chi connectivity index (χ0v) is 18.5. The van der Waals surface area contributed by atoms with Crippen molar-refractivity contribution in [3.05, 3.63) is 78.6 Å². The summed E-state index contributed by atoms with van der Waals surface area (Å²) in [6, 6.07) is 9.76. The molecule has 0 bridgehead atoms. The molecule has 3 aromatic rings. The fourth-order valence-corrected chi connectivity index (χ4v) is 4.41. The summed E-state index contributed by atoms with van der Waals surface area (Å²) in [5.74, 6) is -2.44. The maximum Gasteiger partial charge on any atom is 0.342 e. The average molecular weight is 494 g/mol. The molecule has 9 nitrogen and oxygen atoms in total. The minimum atomic E-state index is -1.49. The maximum absolute atomic E-state index is 12.4. The molecule has 1 amide bonds. The van der Waals surface area contributed by atoms with Crippen LogP contribution in [0.5, 0.6) is 5.75 Å². The van der Waals surface area contributed by atoms with Crippen molar-refractivity contribution in [3.63, 3.8) is 0 Å². The van der Waals surface area contributed by atoms with Crippen LogP contribution in [0.1, 0.15) is 33.2 Å². The van der Waals surface area contributed by atoms with Crippen molar-refractivity contribution in [2.24, 2.45) is 5.10 Å². The zero-order chi connectivity index (χ0) is 23.6. The summed E-state index contributed by atoms with van der Waals surface area (Å²) in [4.78, 5) is 34.1. The second-order valence-corrected chi connectivity index (χ2v) is 8.43. The molecule has 0 radical (unpaired) electrons. The Bertz CT molecular complexity index is 1290. The Morgan fingerprint density at radius 2 is 1.91 bits per heavy atom. The van der Waals surface area contributed by atoms with Crippen LogP contribution in [0.2, 0.25) is 9.36 Å². The van der Waals surface area contributed by atoms with Gasteiger partial charge in [-0.25, -0.2) is 10.2 Å². The molecule has 0 spiro atoms. The summed E-state index contributed by atoms with van der Waals surface area (Å²) in [6.45, 7) is 1.51. The highest BCUT2D eigenvalue weighted by atomic mass is 35.5. The number of hydrogen-bond donors (Lipinski definition) is 3. The summed E-state index contributed by atoms with van der Waals surface area (Å²) < 4.78 is 0.231. The summed E-state index contributed by atoms with van der Waals surface area (Å²) in [5, 5.41) is 35.2.